The van der Waals surface area contributed by atoms with E-state index in [1.807, 2.05) is 35.2 Å². The Labute approximate surface area is 205 Å². The molecule has 7 heteroatoms. The SMILES string of the molecule is CC(=O)[C@H]1[C@H](c2ccc(C(F)(F)F)cc2)C2(C(=O)c3ccccc3C2=O)[C@H]2C=Cc3ccccc3N12. The van der Waals surface area contributed by atoms with E-state index in [9.17, 15) is 27.6 Å². The van der Waals surface area contributed by atoms with Crippen LogP contribution in [-0.2, 0) is 11.0 Å². The highest BCUT2D eigenvalue weighted by atomic mass is 19.4. The Morgan fingerprint density at radius 2 is 1.44 bits per heavy atom. The monoisotopic (exact) mass is 487 g/mol. The summed E-state index contributed by atoms with van der Waals surface area (Å²) in [5, 5.41) is 0. The predicted molar refractivity (Wildman–Crippen MR) is 128 cm³/mol. The second-order valence-corrected chi connectivity index (χ2v) is 9.50. The average molecular weight is 487 g/mol. The largest absolute Gasteiger partial charge is 0.416 e. The van der Waals surface area contributed by atoms with Crippen LogP contribution < -0.4 is 4.90 Å². The zero-order chi connectivity index (χ0) is 25.4. The van der Waals surface area contributed by atoms with E-state index >= 15 is 0 Å². The lowest BCUT2D eigenvalue weighted by atomic mass is 9.64. The van der Waals surface area contributed by atoms with E-state index in [0.29, 0.717) is 11.3 Å². The number of nitrogens with zero attached hydrogens (tertiary/aromatic N) is 1. The molecule has 1 aliphatic carbocycles. The third-order valence-corrected chi connectivity index (χ3v) is 7.73. The minimum absolute atomic E-state index is 0.274. The van der Waals surface area contributed by atoms with Gasteiger partial charge in [0.15, 0.2) is 17.3 Å². The summed E-state index contributed by atoms with van der Waals surface area (Å²) in [7, 11) is 0. The Balaban J connectivity index is 1.64. The van der Waals surface area contributed by atoms with Crippen molar-refractivity contribution in [2.45, 2.75) is 31.1 Å². The molecule has 1 saturated heterocycles. The van der Waals surface area contributed by atoms with Crippen molar-refractivity contribution < 1.29 is 27.6 Å². The highest BCUT2D eigenvalue weighted by molar-refractivity contribution is 6.32. The van der Waals surface area contributed by atoms with E-state index in [4.69, 9.17) is 0 Å². The van der Waals surface area contributed by atoms with Gasteiger partial charge in [-0.15, -0.1) is 0 Å². The molecule has 1 spiro atoms. The number of halogens is 3. The summed E-state index contributed by atoms with van der Waals surface area (Å²) >= 11 is 0. The lowest BCUT2D eigenvalue weighted by Gasteiger charge is -2.37. The number of para-hydroxylation sites is 1. The summed E-state index contributed by atoms with van der Waals surface area (Å²) in [6.45, 7) is 1.40. The van der Waals surface area contributed by atoms with Gasteiger partial charge in [0.1, 0.15) is 5.41 Å². The van der Waals surface area contributed by atoms with Crippen molar-refractivity contribution in [3.63, 3.8) is 0 Å². The van der Waals surface area contributed by atoms with Crippen molar-refractivity contribution in [1.82, 2.24) is 0 Å². The second-order valence-electron chi connectivity index (χ2n) is 9.50. The molecule has 0 N–H and O–H groups in total. The summed E-state index contributed by atoms with van der Waals surface area (Å²) in [6.07, 6.45) is -0.918. The van der Waals surface area contributed by atoms with Crippen LogP contribution in [0.4, 0.5) is 18.9 Å². The number of ketones is 3. The topological polar surface area (TPSA) is 54.5 Å². The maximum absolute atomic E-state index is 14.2. The summed E-state index contributed by atoms with van der Waals surface area (Å²) in [5.74, 6) is -2.07. The number of fused-ring (bicyclic) bond motifs is 5. The van der Waals surface area contributed by atoms with Crippen molar-refractivity contribution in [3.05, 3.63) is 107 Å². The molecule has 4 nitrogen and oxygen atoms in total. The fourth-order valence-corrected chi connectivity index (χ4v) is 6.32. The molecular weight excluding hydrogens is 467 g/mol. The van der Waals surface area contributed by atoms with Gasteiger partial charge >= 0.3 is 6.18 Å². The smallest absolute Gasteiger partial charge is 0.352 e. The Morgan fingerprint density at radius 1 is 0.861 bits per heavy atom. The minimum atomic E-state index is -4.54. The van der Waals surface area contributed by atoms with Gasteiger partial charge in [0.2, 0.25) is 0 Å². The van der Waals surface area contributed by atoms with Crippen molar-refractivity contribution >= 4 is 29.1 Å². The van der Waals surface area contributed by atoms with Crippen LogP contribution in [0.3, 0.4) is 0 Å². The van der Waals surface area contributed by atoms with Gasteiger partial charge in [0.05, 0.1) is 17.6 Å². The first-order valence-corrected chi connectivity index (χ1v) is 11.6. The van der Waals surface area contributed by atoms with Crippen LogP contribution in [0.15, 0.2) is 78.9 Å². The highest BCUT2D eigenvalue weighted by Crippen LogP contribution is 2.60. The Bertz CT molecular complexity index is 1440. The molecule has 6 rings (SSSR count). The van der Waals surface area contributed by atoms with E-state index in [1.54, 1.807) is 30.3 Å². The highest BCUT2D eigenvalue weighted by Gasteiger charge is 2.71. The van der Waals surface area contributed by atoms with Crippen molar-refractivity contribution in [3.8, 4) is 0 Å². The van der Waals surface area contributed by atoms with E-state index in [2.05, 4.69) is 0 Å². The first-order chi connectivity index (χ1) is 17.2. The maximum atomic E-state index is 14.2. The zero-order valence-corrected chi connectivity index (χ0v) is 19.1. The van der Waals surface area contributed by atoms with Gasteiger partial charge in [-0.05, 0) is 36.2 Å². The van der Waals surface area contributed by atoms with Gasteiger partial charge in [-0.25, -0.2) is 0 Å². The minimum Gasteiger partial charge on any atom is -0.352 e. The zero-order valence-electron chi connectivity index (χ0n) is 19.1. The molecule has 3 aromatic carbocycles. The van der Waals surface area contributed by atoms with Gasteiger partial charge in [-0.1, -0.05) is 66.7 Å². The number of anilines is 1. The quantitative estimate of drug-likeness (QED) is 0.434. The molecule has 0 bridgehead atoms. The maximum Gasteiger partial charge on any atom is 0.416 e. The van der Waals surface area contributed by atoms with Gasteiger partial charge < -0.3 is 4.90 Å². The number of alkyl halides is 3. The molecular formula is C29H20F3NO3. The van der Waals surface area contributed by atoms with Crippen LogP contribution in [0.2, 0.25) is 0 Å². The van der Waals surface area contributed by atoms with Crippen molar-refractivity contribution in [2.24, 2.45) is 5.41 Å². The number of carbonyl (C=O) groups is 3. The summed E-state index contributed by atoms with van der Waals surface area (Å²) in [5.41, 5.74) is -0.101. The molecule has 0 amide bonds. The molecule has 0 saturated carbocycles. The molecule has 3 atom stereocenters. The van der Waals surface area contributed by atoms with Gasteiger partial charge in [-0.2, -0.15) is 13.2 Å². The fraction of sp³-hybridized carbons (Fsp3) is 0.207. The normalized spacial score (nSPS) is 23.6. The Morgan fingerprint density at radius 3 is 2.03 bits per heavy atom. The molecule has 2 heterocycles. The van der Waals surface area contributed by atoms with E-state index < -0.39 is 46.7 Å². The predicted octanol–water partition coefficient (Wildman–Crippen LogP) is 5.73. The number of Topliss-reactive ketones (excluding diaryl/α,β-unsaturated/α-hetero) is 3. The molecule has 0 unspecified atom stereocenters. The van der Waals surface area contributed by atoms with Gasteiger partial charge in [0, 0.05) is 22.7 Å². The molecule has 180 valence electrons. The number of rotatable bonds is 2. The fourth-order valence-electron chi connectivity index (χ4n) is 6.32. The van der Waals surface area contributed by atoms with Crippen molar-refractivity contribution in [2.75, 3.05) is 4.90 Å². The molecule has 0 radical (unpaired) electrons. The summed E-state index contributed by atoms with van der Waals surface area (Å²) in [6, 6.07) is 16.7. The van der Waals surface area contributed by atoms with E-state index in [1.165, 1.54) is 19.1 Å². The van der Waals surface area contributed by atoms with Crippen LogP contribution in [0.5, 0.6) is 0 Å². The van der Waals surface area contributed by atoms with Crippen LogP contribution in [-0.4, -0.2) is 29.4 Å². The van der Waals surface area contributed by atoms with E-state index in [0.717, 1.165) is 17.7 Å². The van der Waals surface area contributed by atoms with Crippen LogP contribution in [0.25, 0.3) is 6.08 Å². The number of hydrogen-bond donors (Lipinski definition) is 0. The Kier molecular flexibility index (Phi) is 4.68. The first-order valence-electron chi connectivity index (χ1n) is 11.6. The standard InChI is InChI=1S/C29H20F3NO3/c1-16(34)25-24(18-10-13-19(14-11-18)29(30,31)32)28(26(35)20-7-3-4-8-21(20)27(28)36)23-15-12-17-6-2-5-9-22(17)33(23)25/h2-15,23-25H,1H3/t23-,24+,25+/m1/s1. The van der Waals surface area contributed by atoms with Crippen LogP contribution in [0, 0.1) is 5.41 Å². The molecule has 3 aromatic rings. The average Bonchev–Trinajstić information content (AvgIpc) is 3.30. The van der Waals surface area contributed by atoms with E-state index in [-0.39, 0.29) is 16.9 Å². The van der Waals surface area contributed by atoms with Crippen LogP contribution >= 0.6 is 0 Å². The summed E-state index contributed by atoms with van der Waals surface area (Å²) < 4.78 is 40.0. The molecule has 3 aliphatic rings. The first kappa shape index (κ1) is 22.5. The van der Waals surface area contributed by atoms with Crippen molar-refractivity contribution in [1.29, 1.82) is 0 Å². The lowest BCUT2D eigenvalue weighted by Crippen LogP contribution is -2.48. The third-order valence-electron chi connectivity index (χ3n) is 7.73. The third kappa shape index (κ3) is 2.80. The molecule has 0 aromatic heterocycles. The Hall–Kier alpha value is -4.00. The lowest BCUT2D eigenvalue weighted by molar-refractivity contribution is -0.137. The van der Waals surface area contributed by atoms with Crippen LogP contribution in [0.1, 0.15) is 50.2 Å². The van der Waals surface area contributed by atoms with Gasteiger partial charge in [-0.3, -0.25) is 14.4 Å². The second kappa shape index (κ2) is 7.50. The summed E-state index contributed by atoms with van der Waals surface area (Å²) in [4.78, 5) is 43.5. The number of benzene rings is 3. The number of carbonyl (C=O) groups excluding carboxylic acids is 3. The van der Waals surface area contributed by atoms with Gasteiger partial charge in [0.25, 0.3) is 0 Å². The molecule has 36 heavy (non-hydrogen) atoms. The number of hydrogen-bond acceptors (Lipinski definition) is 4. The molecule has 1 fully saturated rings. The molecule has 2 aliphatic heterocycles.